The highest BCUT2D eigenvalue weighted by Gasteiger charge is 2.14. The van der Waals surface area contributed by atoms with Crippen molar-refractivity contribution in [1.29, 1.82) is 0 Å². The first-order valence-corrected chi connectivity index (χ1v) is 6.20. The third-order valence-corrected chi connectivity index (χ3v) is 2.80. The zero-order valence-corrected chi connectivity index (χ0v) is 11.2. The van der Waals surface area contributed by atoms with Crippen LogP contribution in [-0.2, 0) is 24.8 Å². The first kappa shape index (κ1) is 14.0. The number of phenolic OH excluding ortho intramolecular Hbond substituents is 1. The van der Waals surface area contributed by atoms with Gasteiger partial charge in [0.05, 0.1) is 12.6 Å². The van der Waals surface area contributed by atoms with Gasteiger partial charge in [-0.2, -0.15) is 5.10 Å². The third-order valence-electron chi connectivity index (χ3n) is 2.80. The molecule has 2 aromatic rings. The topological polar surface area (TPSA) is 106 Å². The van der Waals surface area contributed by atoms with Gasteiger partial charge in [0.25, 0.3) is 0 Å². The Hall–Kier alpha value is -2.41. The van der Waals surface area contributed by atoms with E-state index in [2.05, 4.69) is 15.4 Å². The van der Waals surface area contributed by atoms with E-state index < -0.39 is 6.04 Å². The third kappa shape index (κ3) is 3.79. The van der Waals surface area contributed by atoms with Crippen LogP contribution in [0.3, 0.4) is 0 Å². The predicted molar refractivity (Wildman–Crippen MR) is 72.6 cm³/mol. The number of carbonyl (C=O) groups excluding carboxylic acids is 1. The van der Waals surface area contributed by atoms with Gasteiger partial charge < -0.3 is 16.2 Å². The molecule has 1 aromatic carbocycles. The lowest BCUT2D eigenvalue weighted by Crippen LogP contribution is -2.41. The minimum Gasteiger partial charge on any atom is -0.508 e. The fourth-order valence-corrected chi connectivity index (χ4v) is 1.74. The standard InChI is InChI=1S/C13H17N5O2/c1-18-8-16-12(17-18)7-15-13(20)11(14)6-9-2-4-10(19)5-3-9/h2-5,8,11,19H,6-7,14H2,1H3,(H,15,20)/t11-/m1/s1. The van der Waals surface area contributed by atoms with Crippen LogP contribution in [0.2, 0.25) is 0 Å². The van der Waals surface area contributed by atoms with Gasteiger partial charge in [0.2, 0.25) is 5.91 Å². The molecule has 1 amide bonds. The predicted octanol–water partition coefficient (Wildman–Crippen LogP) is -0.293. The van der Waals surface area contributed by atoms with Gasteiger partial charge in [-0.25, -0.2) is 4.98 Å². The van der Waals surface area contributed by atoms with Gasteiger partial charge in [-0.15, -0.1) is 0 Å². The van der Waals surface area contributed by atoms with E-state index in [4.69, 9.17) is 5.73 Å². The Kier molecular flexibility index (Phi) is 4.31. The number of hydrogen-bond donors (Lipinski definition) is 3. The van der Waals surface area contributed by atoms with Crippen LogP contribution in [0.5, 0.6) is 5.75 Å². The van der Waals surface area contributed by atoms with Crippen LogP contribution in [0.25, 0.3) is 0 Å². The molecule has 7 heteroatoms. The second kappa shape index (κ2) is 6.16. The van der Waals surface area contributed by atoms with Crippen molar-refractivity contribution in [2.24, 2.45) is 12.8 Å². The number of aryl methyl sites for hydroxylation is 1. The van der Waals surface area contributed by atoms with Crippen LogP contribution in [0.15, 0.2) is 30.6 Å². The smallest absolute Gasteiger partial charge is 0.237 e. The minimum absolute atomic E-state index is 0.188. The average molecular weight is 275 g/mol. The number of amides is 1. The van der Waals surface area contributed by atoms with Gasteiger partial charge in [0, 0.05) is 7.05 Å². The number of hydrogen-bond acceptors (Lipinski definition) is 5. The highest BCUT2D eigenvalue weighted by molar-refractivity contribution is 5.81. The largest absolute Gasteiger partial charge is 0.508 e. The first-order valence-electron chi connectivity index (χ1n) is 6.20. The quantitative estimate of drug-likeness (QED) is 0.695. The Morgan fingerprint density at radius 1 is 1.45 bits per heavy atom. The number of nitrogens with one attached hydrogen (secondary N) is 1. The molecule has 0 spiro atoms. The maximum absolute atomic E-state index is 11.8. The van der Waals surface area contributed by atoms with Crippen LogP contribution in [-0.4, -0.2) is 31.8 Å². The normalized spacial score (nSPS) is 12.1. The van der Waals surface area contributed by atoms with Crippen molar-refractivity contribution in [3.05, 3.63) is 42.0 Å². The summed E-state index contributed by atoms with van der Waals surface area (Å²) < 4.78 is 1.57. The lowest BCUT2D eigenvalue weighted by atomic mass is 10.1. The molecular weight excluding hydrogens is 258 g/mol. The summed E-state index contributed by atoms with van der Waals surface area (Å²) in [7, 11) is 1.76. The van der Waals surface area contributed by atoms with E-state index in [0.717, 1.165) is 5.56 Å². The molecule has 0 aliphatic carbocycles. The Morgan fingerprint density at radius 2 is 2.15 bits per heavy atom. The number of aromatic hydroxyl groups is 1. The van der Waals surface area contributed by atoms with Crippen molar-refractivity contribution in [3.63, 3.8) is 0 Å². The Bertz CT molecular complexity index is 579. The van der Waals surface area contributed by atoms with Crippen molar-refractivity contribution in [2.45, 2.75) is 19.0 Å². The Labute approximate surface area is 116 Å². The van der Waals surface area contributed by atoms with E-state index in [1.807, 2.05) is 0 Å². The van der Waals surface area contributed by atoms with E-state index in [0.29, 0.717) is 12.2 Å². The number of benzene rings is 1. The molecule has 0 saturated carbocycles. The molecule has 0 saturated heterocycles. The monoisotopic (exact) mass is 275 g/mol. The first-order chi connectivity index (χ1) is 9.54. The number of aromatic nitrogens is 3. The van der Waals surface area contributed by atoms with Gasteiger partial charge in [-0.05, 0) is 24.1 Å². The van der Waals surface area contributed by atoms with Crippen molar-refractivity contribution in [3.8, 4) is 5.75 Å². The lowest BCUT2D eigenvalue weighted by Gasteiger charge is -2.11. The van der Waals surface area contributed by atoms with E-state index in [9.17, 15) is 9.90 Å². The summed E-state index contributed by atoms with van der Waals surface area (Å²) in [6, 6.07) is 5.96. The summed E-state index contributed by atoms with van der Waals surface area (Å²) in [5, 5.41) is 15.9. The molecule has 106 valence electrons. The zero-order valence-electron chi connectivity index (χ0n) is 11.2. The van der Waals surface area contributed by atoms with Crippen LogP contribution < -0.4 is 11.1 Å². The van der Waals surface area contributed by atoms with Crippen LogP contribution in [0, 0.1) is 0 Å². The molecule has 4 N–H and O–H groups in total. The fraction of sp³-hybridized carbons (Fsp3) is 0.308. The zero-order chi connectivity index (χ0) is 14.5. The molecule has 2 rings (SSSR count). The summed E-state index contributed by atoms with van der Waals surface area (Å²) in [4.78, 5) is 15.9. The second-order valence-electron chi connectivity index (χ2n) is 4.53. The Morgan fingerprint density at radius 3 is 2.75 bits per heavy atom. The van der Waals surface area contributed by atoms with Crippen molar-refractivity contribution in [2.75, 3.05) is 0 Å². The van der Waals surface area contributed by atoms with Crippen molar-refractivity contribution < 1.29 is 9.90 Å². The maximum Gasteiger partial charge on any atom is 0.237 e. The van der Waals surface area contributed by atoms with Gasteiger partial charge in [-0.1, -0.05) is 12.1 Å². The van der Waals surface area contributed by atoms with Crippen LogP contribution >= 0.6 is 0 Å². The fourth-order valence-electron chi connectivity index (χ4n) is 1.74. The molecular formula is C13H17N5O2. The number of nitrogens with zero attached hydrogens (tertiary/aromatic N) is 3. The molecule has 0 fully saturated rings. The molecule has 1 atom stereocenters. The highest BCUT2D eigenvalue weighted by atomic mass is 16.3. The van der Waals surface area contributed by atoms with Gasteiger partial charge in [0.1, 0.15) is 12.1 Å². The second-order valence-corrected chi connectivity index (χ2v) is 4.53. The SMILES string of the molecule is Cn1cnc(CNC(=O)[C@H](N)Cc2ccc(O)cc2)n1. The summed E-state index contributed by atoms with van der Waals surface area (Å²) in [6.07, 6.45) is 1.97. The molecule has 0 aliphatic heterocycles. The number of phenols is 1. The van der Waals surface area contributed by atoms with Gasteiger partial charge in [0.15, 0.2) is 5.82 Å². The summed E-state index contributed by atoms with van der Waals surface area (Å²) in [5.74, 6) is 0.469. The van der Waals surface area contributed by atoms with E-state index >= 15 is 0 Å². The average Bonchev–Trinajstić information content (AvgIpc) is 2.84. The minimum atomic E-state index is -0.650. The molecule has 0 aliphatic rings. The summed E-state index contributed by atoms with van der Waals surface area (Å²) in [5.41, 5.74) is 6.73. The van der Waals surface area contributed by atoms with Crippen LogP contribution in [0.1, 0.15) is 11.4 Å². The number of carbonyl (C=O) groups is 1. The molecule has 1 heterocycles. The van der Waals surface area contributed by atoms with Gasteiger partial charge >= 0.3 is 0 Å². The molecule has 1 aromatic heterocycles. The molecule has 0 unspecified atom stereocenters. The highest BCUT2D eigenvalue weighted by Crippen LogP contribution is 2.10. The van der Waals surface area contributed by atoms with Gasteiger partial charge in [-0.3, -0.25) is 9.48 Å². The summed E-state index contributed by atoms with van der Waals surface area (Å²) >= 11 is 0. The van der Waals surface area contributed by atoms with Crippen molar-refractivity contribution in [1.82, 2.24) is 20.1 Å². The molecule has 7 nitrogen and oxygen atoms in total. The number of rotatable bonds is 5. The van der Waals surface area contributed by atoms with Crippen molar-refractivity contribution >= 4 is 5.91 Å². The number of nitrogens with two attached hydrogens (primary N) is 1. The molecule has 20 heavy (non-hydrogen) atoms. The molecule has 0 radical (unpaired) electrons. The van der Waals surface area contributed by atoms with E-state index in [1.54, 1.807) is 42.3 Å². The van der Waals surface area contributed by atoms with E-state index in [-0.39, 0.29) is 18.2 Å². The summed E-state index contributed by atoms with van der Waals surface area (Å²) in [6.45, 7) is 0.253. The maximum atomic E-state index is 11.8. The Balaban J connectivity index is 1.84. The van der Waals surface area contributed by atoms with E-state index in [1.165, 1.54) is 0 Å². The molecule has 0 bridgehead atoms. The lowest BCUT2D eigenvalue weighted by molar-refractivity contribution is -0.122. The van der Waals surface area contributed by atoms with Crippen LogP contribution in [0.4, 0.5) is 0 Å².